The van der Waals surface area contributed by atoms with Crippen LogP contribution >= 0.6 is 11.8 Å². The number of para-hydroxylation sites is 1. The number of aryl methyl sites for hydroxylation is 2. The Morgan fingerprint density at radius 1 is 1.27 bits per heavy atom. The van der Waals surface area contributed by atoms with Crippen molar-refractivity contribution in [2.45, 2.75) is 32.0 Å². The van der Waals surface area contributed by atoms with Gasteiger partial charge in [0.05, 0.1) is 24.1 Å². The second-order valence-corrected chi connectivity index (χ2v) is 7.87. The summed E-state index contributed by atoms with van der Waals surface area (Å²) in [6, 6.07) is 13.1. The fourth-order valence-corrected chi connectivity index (χ4v) is 4.08. The molecule has 3 heterocycles. The summed E-state index contributed by atoms with van der Waals surface area (Å²) in [4.78, 5) is 33.3. The van der Waals surface area contributed by atoms with E-state index in [1.807, 2.05) is 44.2 Å². The number of amides is 1. The molecule has 0 bridgehead atoms. The number of H-pyrrole nitrogens is 1. The first kappa shape index (κ1) is 20.0. The van der Waals surface area contributed by atoms with Crippen molar-refractivity contribution < 1.29 is 9.21 Å². The van der Waals surface area contributed by atoms with Crippen molar-refractivity contribution in [2.75, 3.05) is 11.1 Å². The van der Waals surface area contributed by atoms with Gasteiger partial charge in [0.25, 0.3) is 5.56 Å². The maximum Gasteiger partial charge on any atom is 0.278 e. The van der Waals surface area contributed by atoms with Crippen molar-refractivity contribution in [3.63, 3.8) is 0 Å². The molecule has 0 radical (unpaired) electrons. The van der Waals surface area contributed by atoms with Gasteiger partial charge in [0.1, 0.15) is 11.3 Å². The zero-order valence-electron chi connectivity index (χ0n) is 16.8. The van der Waals surface area contributed by atoms with Crippen LogP contribution in [0.1, 0.15) is 23.9 Å². The molecule has 30 heavy (non-hydrogen) atoms. The molecule has 8 heteroatoms. The number of furan rings is 1. The number of benzene rings is 1. The smallest absolute Gasteiger partial charge is 0.278 e. The summed E-state index contributed by atoms with van der Waals surface area (Å²) < 4.78 is 6.95. The first-order valence-corrected chi connectivity index (χ1v) is 10.7. The molecule has 0 saturated carbocycles. The van der Waals surface area contributed by atoms with E-state index in [2.05, 4.69) is 15.3 Å². The van der Waals surface area contributed by atoms with Crippen LogP contribution in [0.25, 0.3) is 11.0 Å². The lowest BCUT2D eigenvalue weighted by molar-refractivity contribution is -0.113. The fourth-order valence-electron chi connectivity index (χ4n) is 3.29. The number of carbonyl (C=O) groups excluding carboxylic acids is 1. The largest absolute Gasteiger partial charge is 0.467 e. The predicted molar refractivity (Wildman–Crippen MR) is 118 cm³/mol. The zero-order chi connectivity index (χ0) is 21.1. The number of nitrogens with one attached hydrogen (secondary N) is 2. The monoisotopic (exact) mass is 422 g/mol. The Kier molecular flexibility index (Phi) is 5.76. The van der Waals surface area contributed by atoms with Gasteiger partial charge in [-0.05, 0) is 43.2 Å². The third-order valence-electron chi connectivity index (χ3n) is 4.74. The molecule has 0 saturated heterocycles. The maximum atomic E-state index is 13.0. The lowest BCUT2D eigenvalue weighted by atomic mass is 10.1. The van der Waals surface area contributed by atoms with Crippen LogP contribution in [-0.2, 0) is 17.8 Å². The second-order valence-electron chi connectivity index (χ2n) is 6.93. The van der Waals surface area contributed by atoms with Gasteiger partial charge in [-0.1, -0.05) is 36.9 Å². The van der Waals surface area contributed by atoms with Crippen molar-refractivity contribution in [3.8, 4) is 0 Å². The number of thioether (sulfide) groups is 1. The van der Waals surface area contributed by atoms with Gasteiger partial charge in [0, 0.05) is 11.4 Å². The van der Waals surface area contributed by atoms with E-state index in [1.54, 1.807) is 18.4 Å². The van der Waals surface area contributed by atoms with Crippen LogP contribution in [0.5, 0.6) is 0 Å². The molecule has 7 nitrogen and oxygen atoms in total. The molecule has 0 atom stereocenters. The Labute approximate surface area is 177 Å². The number of aromatic amines is 1. The van der Waals surface area contributed by atoms with Crippen molar-refractivity contribution in [1.29, 1.82) is 0 Å². The molecular formula is C22H22N4O3S. The van der Waals surface area contributed by atoms with Gasteiger partial charge in [0.15, 0.2) is 5.16 Å². The Morgan fingerprint density at radius 2 is 2.10 bits per heavy atom. The van der Waals surface area contributed by atoms with Gasteiger partial charge < -0.3 is 14.7 Å². The first-order chi connectivity index (χ1) is 14.5. The maximum absolute atomic E-state index is 13.0. The average molecular weight is 423 g/mol. The molecule has 0 unspecified atom stereocenters. The van der Waals surface area contributed by atoms with E-state index in [0.717, 1.165) is 23.4 Å². The number of nitrogens with zero attached hydrogens (tertiary/aromatic N) is 2. The molecule has 1 amide bonds. The molecule has 0 aliphatic carbocycles. The highest BCUT2D eigenvalue weighted by Gasteiger charge is 2.16. The van der Waals surface area contributed by atoms with Gasteiger partial charge in [-0.25, -0.2) is 4.98 Å². The molecule has 3 aromatic heterocycles. The minimum Gasteiger partial charge on any atom is -0.467 e. The standard InChI is InChI=1S/C22H22N4O3S/c1-3-15-7-4-5-9-17(15)24-19(27)13-30-22-25-18-11-14(2)23-20(18)21(28)26(22)12-16-8-6-10-29-16/h4-11,23H,3,12-13H2,1-2H3,(H,24,27). The summed E-state index contributed by atoms with van der Waals surface area (Å²) in [6.07, 6.45) is 2.40. The Hall–Kier alpha value is -3.26. The molecule has 154 valence electrons. The summed E-state index contributed by atoms with van der Waals surface area (Å²) >= 11 is 1.23. The fraction of sp³-hybridized carbons (Fsp3) is 0.227. The highest BCUT2D eigenvalue weighted by atomic mass is 32.2. The second kappa shape index (κ2) is 8.62. The van der Waals surface area contributed by atoms with Crippen LogP contribution < -0.4 is 10.9 Å². The Bertz CT molecular complexity index is 1240. The van der Waals surface area contributed by atoms with Crippen molar-refractivity contribution >= 4 is 34.4 Å². The average Bonchev–Trinajstić information content (AvgIpc) is 3.38. The van der Waals surface area contributed by atoms with Crippen LogP contribution in [0.3, 0.4) is 0 Å². The number of hydrogen-bond donors (Lipinski definition) is 2. The molecule has 0 fully saturated rings. The highest BCUT2D eigenvalue weighted by Crippen LogP contribution is 2.21. The van der Waals surface area contributed by atoms with Crippen LogP contribution in [0.4, 0.5) is 5.69 Å². The highest BCUT2D eigenvalue weighted by molar-refractivity contribution is 7.99. The van der Waals surface area contributed by atoms with Gasteiger partial charge in [-0.2, -0.15) is 0 Å². The minimum absolute atomic E-state index is 0.136. The molecule has 4 rings (SSSR count). The Morgan fingerprint density at radius 3 is 2.87 bits per heavy atom. The van der Waals surface area contributed by atoms with Crippen LogP contribution in [-0.4, -0.2) is 26.2 Å². The van der Waals surface area contributed by atoms with Crippen LogP contribution in [0, 0.1) is 6.92 Å². The summed E-state index contributed by atoms with van der Waals surface area (Å²) in [5, 5.41) is 3.43. The SMILES string of the molecule is CCc1ccccc1NC(=O)CSc1nc2cc(C)[nH]c2c(=O)n1Cc1ccco1. The molecule has 0 aliphatic heterocycles. The number of anilines is 1. The van der Waals surface area contributed by atoms with E-state index in [0.29, 0.717) is 22.0 Å². The van der Waals surface area contributed by atoms with Crippen LogP contribution in [0.15, 0.2) is 63.1 Å². The van der Waals surface area contributed by atoms with Crippen molar-refractivity contribution in [1.82, 2.24) is 14.5 Å². The normalized spacial score (nSPS) is 11.1. The van der Waals surface area contributed by atoms with E-state index >= 15 is 0 Å². The van der Waals surface area contributed by atoms with Gasteiger partial charge in [0.2, 0.25) is 5.91 Å². The van der Waals surface area contributed by atoms with E-state index in [1.165, 1.54) is 16.3 Å². The summed E-state index contributed by atoms with van der Waals surface area (Å²) in [5.74, 6) is 0.632. The first-order valence-electron chi connectivity index (χ1n) is 9.68. The van der Waals surface area contributed by atoms with Crippen molar-refractivity contribution in [3.05, 3.63) is 76.1 Å². The summed E-state index contributed by atoms with van der Waals surface area (Å²) in [6.45, 7) is 4.17. The quantitative estimate of drug-likeness (QED) is 0.347. The van der Waals surface area contributed by atoms with Gasteiger partial charge in [-0.15, -0.1) is 0 Å². The van der Waals surface area contributed by atoms with Crippen molar-refractivity contribution in [2.24, 2.45) is 0 Å². The molecule has 4 aromatic rings. The third-order valence-corrected chi connectivity index (χ3v) is 5.71. The van der Waals surface area contributed by atoms with Crippen LogP contribution in [0.2, 0.25) is 0 Å². The number of carbonyl (C=O) groups is 1. The third kappa shape index (κ3) is 4.18. The molecule has 2 N–H and O–H groups in total. The molecule has 0 aliphatic rings. The van der Waals surface area contributed by atoms with E-state index in [4.69, 9.17) is 4.42 Å². The summed E-state index contributed by atoms with van der Waals surface area (Å²) in [5.41, 5.74) is 3.59. The molecular weight excluding hydrogens is 400 g/mol. The van der Waals surface area contributed by atoms with Gasteiger partial charge >= 0.3 is 0 Å². The topological polar surface area (TPSA) is 92.9 Å². The van der Waals surface area contributed by atoms with E-state index < -0.39 is 0 Å². The number of rotatable bonds is 7. The lowest BCUT2D eigenvalue weighted by Gasteiger charge is -2.12. The summed E-state index contributed by atoms with van der Waals surface area (Å²) in [7, 11) is 0. The number of hydrogen-bond acceptors (Lipinski definition) is 5. The molecule has 0 spiro atoms. The van der Waals surface area contributed by atoms with Gasteiger partial charge in [-0.3, -0.25) is 14.2 Å². The van der Waals surface area contributed by atoms with E-state index in [-0.39, 0.29) is 23.8 Å². The minimum atomic E-state index is -0.191. The number of aromatic nitrogens is 3. The Balaban J connectivity index is 1.59. The number of fused-ring (bicyclic) bond motifs is 1. The lowest BCUT2D eigenvalue weighted by Crippen LogP contribution is -2.24. The van der Waals surface area contributed by atoms with E-state index in [9.17, 15) is 9.59 Å². The predicted octanol–water partition coefficient (Wildman–Crippen LogP) is 3.97. The molecule has 1 aromatic carbocycles. The zero-order valence-corrected chi connectivity index (χ0v) is 17.6.